The predicted molar refractivity (Wildman–Crippen MR) is 136 cm³/mol. The summed E-state index contributed by atoms with van der Waals surface area (Å²) in [5.74, 6) is 1.72. The molecule has 0 aromatic heterocycles. The second kappa shape index (κ2) is 9.95. The van der Waals surface area contributed by atoms with Crippen LogP contribution in [0.1, 0.15) is 26.3 Å². The zero-order valence-corrected chi connectivity index (χ0v) is 19.7. The first-order valence-electron chi connectivity index (χ1n) is 11.0. The van der Waals surface area contributed by atoms with Gasteiger partial charge in [-0.15, -0.1) is 0 Å². The van der Waals surface area contributed by atoms with E-state index < -0.39 is 0 Å². The highest BCUT2D eigenvalue weighted by molar-refractivity contribution is 7.99. The van der Waals surface area contributed by atoms with E-state index in [-0.39, 0.29) is 11.8 Å². The van der Waals surface area contributed by atoms with Gasteiger partial charge in [0.05, 0.1) is 18.4 Å². The van der Waals surface area contributed by atoms with Gasteiger partial charge in [-0.1, -0.05) is 36.0 Å². The molecule has 4 aromatic rings. The van der Waals surface area contributed by atoms with Crippen molar-refractivity contribution in [1.29, 1.82) is 0 Å². The van der Waals surface area contributed by atoms with Gasteiger partial charge in [-0.3, -0.25) is 9.59 Å². The molecular weight excluding hydrogens is 460 g/mol. The molecule has 0 atom stereocenters. The number of rotatable bonds is 6. The molecule has 0 fully saturated rings. The van der Waals surface area contributed by atoms with Gasteiger partial charge in [-0.25, -0.2) is 0 Å². The van der Waals surface area contributed by atoms with Crippen molar-refractivity contribution >= 4 is 29.3 Å². The summed E-state index contributed by atoms with van der Waals surface area (Å²) in [5.41, 5.74) is 2.62. The molecule has 0 unspecified atom stereocenters. The Morgan fingerprint density at radius 3 is 2.49 bits per heavy atom. The fraction of sp³-hybridized carbons (Fsp3) is 0.0714. The Balaban J connectivity index is 1.25. The Morgan fingerprint density at radius 2 is 1.66 bits per heavy atom. The van der Waals surface area contributed by atoms with E-state index in [1.807, 2.05) is 72.8 Å². The minimum atomic E-state index is -0.227. The molecule has 1 heterocycles. The largest absolute Gasteiger partial charge is 0.497 e. The minimum absolute atomic E-state index is 0.182. The Kier molecular flexibility index (Phi) is 6.41. The molecule has 0 saturated heterocycles. The quantitative estimate of drug-likeness (QED) is 0.346. The van der Waals surface area contributed by atoms with E-state index in [0.29, 0.717) is 34.9 Å². The van der Waals surface area contributed by atoms with Gasteiger partial charge in [-0.05, 0) is 72.3 Å². The summed E-state index contributed by atoms with van der Waals surface area (Å²) in [6, 6.07) is 27.7. The number of ether oxygens (including phenoxy) is 2. The third-order valence-electron chi connectivity index (χ3n) is 5.49. The number of methoxy groups -OCH3 is 1. The molecule has 1 aliphatic heterocycles. The molecule has 0 radical (unpaired) electrons. The molecule has 5 rings (SSSR count). The number of amides is 2. The number of fused-ring (bicyclic) bond motifs is 2. The summed E-state index contributed by atoms with van der Waals surface area (Å²) in [5, 5.41) is 5.86. The molecule has 4 aromatic carbocycles. The lowest BCUT2D eigenvalue weighted by Crippen LogP contribution is -2.23. The fourth-order valence-corrected chi connectivity index (χ4v) is 4.70. The fourth-order valence-electron chi connectivity index (χ4n) is 3.69. The Labute approximate surface area is 207 Å². The average Bonchev–Trinajstić information content (AvgIpc) is 3.03. The van der Waals surface area contributed by atoms with Crippen LogP contribution in [0, 0.1) is 0 Å². The van der Waals surface area contributed by atoms with Crippen molar-refractivity contribution in [2.75, 3.05) is 12.4 Å². The van der Waals surface area contributed by atoms with Crippen LogP contribution in [0.2, 0.25) is 0 Å². The van der Waals surface area contributed by atoms with Gasteiger partial charge in [0.2, 0.25) is 0 Å². The van der Waals surface area contributed by atoms with E-state index in [1.54, 1.807) is 25.3 Å². The van der Waals surface area contributed by atoms with E-state index in [2.05, 4.69) is 10.6 Å². The summed E-state index contributed by atoms with van der Waals surface area (Å²) in [4.78, 5) is 27.2. The van der Waals surface area contributed by atoms with Gasteiger partial charge in [0.25, 0.3) is 11.8 Å². The smallest absolute Gasteiger partial charge is 0.256 e. The van der Waals surface area contributed by atoms with E-state index in [4.69, 9.17) is 9.47 Å². The maximum Gasteiger partial charge on any atom is 0.256 e. The summed E-state index contributed by atoms with van der Waals surface area (Å²) in [6.45, 7) is 0.336. The van der Waals surface area contributed by atoms with Crippen LogP contribution in [0.5, 0.6) is 17.2 Å². The van der Waals surface area contributed by atoms with E-state index in [9.17, 15) is 9.59 Å². The van der Waals surface area contributed by atoms with Gasteiger partial charge in [0.1, 0.15) is 17.2 Å². The van der Waals surface area contributed by atoms with Crippen LogP contribution in [0.15, 0.2) is 101 Å². The molecule has 7 heteroatoms. The van der Waals surface area contributed by atoms with Gasteiger partial charge in [0, 0.05) is 21.9 Å². The molecule has 0 spiro atoms. The number of benzene rings is 4. The van der Waals surface area contributed by atoms with Gasteiger partial charge in [-0.2, -0.15) is 0 Å². The van der Waals surface area contributed by atoms with Crippen LogP contribution >= 0.6 is 11.8 Å². The zero-order chi connectivity index (χ0) is 24.2. The minimum Gasteiger partial charge on any atom is -0.497 e. The third-order valence-corrected chi connectivity index (χ3v) is 6.64. The molecule has 1 aliphatic rings. The molecule has 35 heavy (non-hydrogen) atoms. The maximum atomic E-state index is 12.9. The summed E-state index contributed by atoms with van der Waals surface area (Å²) in [6.07, 6.45) is 0. The lowest BCUT2D eigenvalue weighted by molar-refractivity contribution is 0.0949. The van der Waals surface area contributed by atoms with E-state index in [1.165, 1.54) is 11.8 Å². The van der Waals surface area contributed by atoms with Crippen LogP contribution in [-0.2, 0) is 6.54 Å². The lowest BCUT2D eigenvalue weighted by atomic mass is 10.1. The van der Waals surface area contributed by atoms with Crippen LogP contribution in [-0.4, -0.2) is 18.9 Å². The Hall–Kier alpha value is -4.23. The first-order valence-corrected chi connectivity index (χ1v) is 11.8. The van der Waals surface area contributed by atoms with Gasteiger partial charge in [0.15, 0.2) is 0 Å². The standard InChI is InChI=1S/C28H22N2O4S/c1-33-20-10-12-21(13-11-20)34-22-6-4-5-18(15-22)17-29-27(31)19-9-14-26-24(16-19)30-28(32)23-7-2-3-8-25(23)35-26/h2-16H,17H2,1H3,(H,29,31)(H,30,32). The van der Waals surface area contributed by atoms with Gasteiger partial charge >= 0.3 is 0 Å². The second-order valence-electron chi connectivity index (χ2n) is 7.87. The normalized spacial score (nSPS) is 12.0. The van der Waals surface area contributed by atoms with Crippen molar-refractivity contribution in [2.45, 2.75) is 16.3 Å². The zero-order valence-electron chi connectivity index (χ0n) is 18.9. The number of carbonyl (C=O) groups excluding carboxylic acids is 2. The first kappa shape index (κ1) is 22.6. The summed E-state index contributed by atoms with van der Waals surface area (Å²) < 4.78 is 11.1. The highest BCUT2D eigenvalue weighted by Crippen LogP contribution is 2.39. The number of hydrogen-bond acceptors (Lipinski definition) is 5. The second-order valence-corrected chi connectivity index (χ2v) is 8.95. The monoisotopic (exact) mass is 482 g/mol. The van der Waals surface area contributed by atoms with E-state index >= 15 is 0 Å². The van der Waals surface area contributed by atoms with Crippen molar-refractivity contribution in [3.63, 3.8) is 0 Å². The molecule has 2 N–H and O–H groups in total. The predicted octanol–water partition coefficient (Wildman–Crippen LogP) is 6.13. The Bertz CT molecular complexity index is 1400. The van der Waals surface area contributed by atoms with Crippen LogP contribution < -0.4 is 20.1 Å². The third kappa shape index (κ3) is 5.15. The van der Waals surface area contributed by atoms with Crippen molar-refractivity contribution < 1.29 is 19.1 Å². The number of carbonyl (C=O) groups is 2. The Morgan fingerprint density at radius 1 is 0.857 bits per heavy atom. The number of nitrogens with one attached hydrogen (secondary N) is 2. The SMILES string of the molecule is COc1ccc(Oc2cccc(CNC(=O)c3ccc4c(c3)NC(=O)c3ccccc3S4)c2)cc1. The molecule has 0 bridgehead atoms. The molecule has 6 nitrogen and oxygen atoms in total. The summed E-state index contributed by atoms with van der Waals surface area (Å²) >= 11 is 1.51. The lowest BCUT2D eigenvalue weighted by Gasteiger charge is -2.11. The molecule has 2 amide bonds. The van der Waals surface area contributed by atoms with E-state index in [0.717, 1.165) is 21.1 Å². The number of anilines is 1. The summed E-state index contributed by atoms with van der Waals surface area (Å²) in [7, 11) is 1.62. The van der Waals surface area contributed by atoms with Crippen molar-refractivity contribution in [3.05, 3.63) is 108 Å². The average molecular weight is 483 g/mol. The highest BCUT2D eigenvalue weighted by Gasteiger charge is 2.20. The van der Waals surface area contributed by atoms with Crippen molar-refractivity contribution in [3.8, 4) is 17.2 Å². The van der Waals surface area contributed by atoms with Crippen molar-refractivity contribution in [1.82, 2.24) is 5.32 Å². The first-order chi connectivity index (χ1) is 17.1. The highest BCUT2D eigenvalue weighted by atomic mass is 32.2. The topological polar surface area (TPSA) is 76.7 Å². The molecule has 174 valence electrons. The molecule has 0 saturated carbocycles. The maximum absolute atomic E-state index is 12.9. The molecule has 0 aliphatic carbocycles. The van der Waals surface area contributed by atoms with Crippen LogP contribution in [0.4, 0.5) is 5.69 Å². The van der Waals surface area contributed by atoms with Gasteiger partial charge < -0.3 is 20.1 Å². The number of hydrogen-bond donors (Lipinski definition) is 2. The van der Waals surface area contributed by atoms with Crippen LogP contribution in [0.3, 0.4) is 0 Å². The van der Waals surface area contributed by atoms with Crippen molar-refractivity contribution in [2.24, 2.45) is 0 Å². The molecular formula is C28H22N2O4S. The van der Waals surface area contributed by atoms with Crippen LogP contribution in [0.25, 0.3) is 0 Å².